The first kappa shape index (κ1) is 8.53. The van der Waals surface area contributed by atoms with Gasteiger partial charge in [0.15, 0.2) is 0 Å². The lowest BCUT2D eigenvalue weighted by molar-refractivity contribution is 0.565. The summed E-state index contributed by atoms with van der Waals surface area (Å²) in [6, 6.07) is 7.20. The van der Waals surface area contributed by atoms with Crippen LogP contribution in [-0.2, 0) is 4.79 Å². The van der Waals surface area contributed by atoms with E-state index >= 15 is 0 Å². The van der Waals surface area contributed by atoms with Crippen LogP contribution < -0.4 is 0 Å². The summed E-state index contributed by atoms with van der Waals surface area (Å²) in [5.74, 6) is 0. The summed E-state index contributed by atoms with van der Waals surface area (Å²) in [6.45, 7) is 1.84. The number of aromatic nitrogens is 2. The molecule has 1 aromatic carbocycles. The van der Waals surface area contributed by atoms with Crippen LogP contribution in [0.3, 0.4) is 0 Å². The number of benzene rings is 1. The number of aryl methyl sites for hydroxylation is 1. The van der Waals surface area contributed by atoms with Gasteiger partial charge >= 0.3 is 0 Å². The van der Waals surface area contributed by atoms with Gasteiger partial charge in [-0.3, -0.25) is 0 Å². The van der Waals surface area contributed by atoms with E-state index < -0.39 is 0 Å². The highest BCUT2D eigenvalue weighted by atomic mass is 16.1. The fraction of sp³-hybridized carbons (Fsp3) is 0.100. The highest BCUT2D eigenvalue weighted by molar-refractivity contribution is 5.90. The summed E-state index contributed by atoms with van der Waals surface area (Å²) in [5.41, 5.74) is 2.11. The number of hydrogen-bond acceptors (Lipinski definition) is 4. The largest absolute Gasteiger partial charge is 0.240 e. The standard InChI is InChI=1S/C10H7N3O/c1-7-5-8-9(11-6-14)3-2-4-10(8)13-12-7/h2-5H,1H3. The Kier molecular flexibility index (Phi) is 2.05. The zero-order chi connectivity index (χ0) is 9.97. The lowest BCUT2D eigenvalue weighted by atomic mass is 10.2. The lowest BCUT2D eigenvalue weighted by Crippen LogP contribution is -1.87. The van der Waals surface area contributed by atoms with Gasteiger partial charge in [-0.25, -0.2) is 4.79 Å². The second-order valence-electron chi connectivity index (χ2n) is 2.90. The molecular weight excluding hydrogens is 178 g/mol. The SMILES string of the molecule is Cc1cc2c(N=C=O)cccc2nn1. The number of isocyanates is 1. The predicted molar refractivity (Wildman–Crippen MR) is 52.1 cm³/mol. The highest BCUT2D eigenvalue weighted by Crippen LogP contribution is 2.23. The molecule has 0 bridgehead atoms. The molecule has 4 heteroatoms. The first-order chi connectivity index (χ1) is 6.81. The van der Waals surface area contributed by atoms with E-state index in [4.69, 9.17) is 0 Å². The summed E-state index contributed by atoms with van der Waals surface area (Å²) in [7, 11) is 0. The van der Waals surface area contributed by atoms with Crippen LogP contribution in [0.2, 0.25) is 0 Å². The monoisotopic (exact) mass is 185 g/mol. The van der Waals surface area contributed by atoms with Gasteiger partial charge in [0, 0.05) is 5.39 Å². The fourth-order valence-corrected chi connectivity index (χ4v) is 1.29. The molecule has 68 valence electrons. The van der Waals surface area contributed by atoms with Crippen molar-refractivity contribution in [1.29, 1.82) is 0 Å². The maximum atomic E-state index is 10.2. The van der Waals surface area contributed by atoms with E-state index in [1.54, 1.807) is 12.1 Å². The molecule has 1 heterocycles. The van der Waals surface area contributed by atoms with E-state index in [0.717, 1.165) is 16.6 Å². The van der Waals surface area contributed by atoms with Crippen molar-refractivity contribution in [3.05, 3.63) is 30.0 Å². The van der Waals surface area contributed by atoms with Gasteiger partial charge in [0.2, 0.25) is 6.08 Å². The summed E-state index contributed by atoms with van der Waals surface area (Å²) < 4.78 is 0. The van der Waals surface area contributed by atoms with Gasteiger partial charge in [0.1, 0.15) is 0 Å². The molecule has 0 N–H and O–H groups in total. The third-order valence-electron chi connectivity index (χ3n) is 1.89. The van der Waals surface area contributed by atoms with Gasteiger partial charge in [0.25, 0.3) is 0 Å². The van der Waals surface area contributed by atoms with Crippen LogP contribution in [0.15, 0.2) is 29.3 Å². The maximum absolute atomic E-state index is 10.2. The van der Waals surface area contributed by atoms with Crippen molar-refractivity contribution in [3.8, 4) is 0 Å². The molecule has 0 radical (unpaired) electrons. The number of fused-ring (bicyclic) bond motifs is 1. The molecule has 0 atom stereocenters. The molecule has 0 spiro atoms. The van der Waals surface area contributed by atoms with Crippen LogP contribution in [0.4, 0.5) is 5.69 Å². The summed E-state index contributed by atoms with van der Waals surface area (Å²) in [4.78, 5) is 13.8. The third-order valence-corrected chi connectivity index (χ3v) is 1.89. The quantitative estimate of drug-likeness (QED) is 0.503. The van der Waals surface area contributed by atoms with Gasteiger partial charge in [-0.05, 0) is 25.1 Å². The smallest absolute Gasteiger partial charge is 0.211 e. The molecule has 4 nitrogen and oxygen atoms in total. The zero-order valence-electron chi connectivity index (χ0n) is 7.56. The number of rotatable bonds is 1. The second-order valence-corrected chi connectivity index (χ2v) is 2.90. The molecule has 0 saturated heterocycles. The third kappa shape index (κ3) is 1.39. The Morgan fingerprint density at radius 3 is 3.00 bits per heavy atom. The number of aliphatic imine (C=N–C) groups is 1. The van der Waals surface area contributed by atoms with Gasteiger partial charge in [-0.2, -0.15) is 15.2 Å². The molecule has 0 unspecified atom stereocenters. The van der Waals surface area contributed by atoms with E-state index in [0.29, 0.717) is 5.69 Å². The zero-order valence-corrected chi connectivity index (χ0v) is 7.56. The van der Waals surface area contributed by atoms with Gasteiger partial charge in [-0.15, -0.1) is 0 Å². The summed E-state index contributed by atoms with van der Waals surface area (Å²) in [5, 5.41) is 8.72. The van der Waals surface area contributed by atoms with Crippen molar-refractivity contribution >= 4 is 22.7 Å². The fourth-order valence-electron chi connectivity index (χ4n) is 1.29. The van der Waals surface area contributed by atoms with E-state index in [1.807, 2.05) is 19.1 Å². The molecule has 0 fully saturated rings. The van der Waals surface area contributed by atoms with E-state index in [-0.39, 0.29) is 0 Å². The van der Waals surface area contributed by atoms with Crippen molar-refractivity contribution in [2.24, 2.45) is 4.99 Å². The molecule has 0 saturated carbocycles. The van der Waals surface area contributed by atoms with Gasteiger partial charge in [0.05, 0.1) is 16.9 Å². The number of carbonyl (C=O) groups excluding carboxylic acids is 1. The lowest BCUT2D eigenvalue weighted by Gasteiger charge is -1.99. The van der Waals surface area contributed by atoms with Crippen LogP contribution in [0, 0.1) is 6.92 Å². The first-order valence-corrected chi connectivity index (χ1v) is 4.12. The normalized spacial score (nSPS) is 9.79. The van der Waals surface area contributed by atoms with E-state index in [1.165, 1.54) is 6.08 Å². The highest BCUT2D eigenvalue weighted by Gasteiger charge is 2.01. The topological polar surface area (TPSA) is 55.2 Å². The Hall–Kier alpha value is -2.06. The van der Waals surface area contributed by atoms with Crippen molar-refractivity contribution < 1.29 is 4.79 Å². The van der Waals surface area contributed by atoms with Crippen LogP contribution in [0.1, 0.15) is 5.69 Å². The minimum atomic E-state index is 0.579. The van der Waals surface area contributed by atoms with E-state index in [2.05, 4.69) is 15.2 Å². The molecular formula is C10H7N3O. The molecule has 0 aliphatic heterocycles. The van der Waals surface area contributed by atoms with Gasteiger partial charge < -0.3 is 0 Å². The second kappa shape index (κ2) is 3.36. The van der Waals surface area contributed by atoms with Crippen LogP contribution in [0.5, 0.6) is 0 Å². The summed E-state index contributed by atoms with van der Waals surface area (Å²) >= 11 is 0. The first-order valence-electron chi connectivity index (χ1n) is 4.12. The van der Waals surface area contributed by atoms with Gasteiger partial charge in [-0.1, -0.05) is 6.07 Å². The predicted octanol–water partition coefficient (Wildman–Crippen LogP) is 1.91. The Labute approximate surface area is 80.3 Å². The van der Waals surface area contributed by atoms with Crippen molar-refractivity contribution in [2.45, 2.75) is 6.92 Å². The Morgan fingerprint density at radius 2 is 2.21 bits per heavy atom. The minimum absolute atomic E-state index is 0.579. The molecule has 14 heavy (non-hydrogen) atoms. The van der Waals surface area contributed by atoms with Crippen LogP contribution in [0.25, 0.3) is 10.9 Å². The van der Waals surface area contributed by atoms with Crippen LogP contribution in [-0.4, -0.2) is 16.3 Å². The average molecular weight is 185 g/mol. The van der Waals surface area contributed by atoms with Crippen molar-refractivity contribution in [1.82, 2.24) is 10.2 Å². The number of hydrogen-bond donors (Lipinski definition) is 0. The average Bonchev–Trinajstić information content (AvgIpc) is 2.19. The Morgan fingerprint density at radius 1 is 1.36 bits per heavy atom. The molecule has 1 aromatic heterocycles. The van der Waals surface area contributed by atoms with Crippen molar-refractivity contribution in [2.75, 3.05) is 0 Å². The Bertz CT molecular complexity index is 530. The minimum Gasteiger partial charge on any atom is -0.211 e. The van der Waals surface area contributed by atoms with Crippen LogP contribution >= 0.6 is 0 Å². The Balaban J connectivity index is 2.83. The molecule has 0 aliphatic rings. The molecule has 2 rings (SSSR count). The molecule has 0 amide bonds. The van der Waals surface area contributed by atoms with Crippen molar-refractivity contribution in [3.63, 3.8) is 0 Å². The maximum Gasteiger partial charge on any atom is 0.240 e. The molecule has 2 aromatic rings. The number of nitrogens with zero attached hydrogens (tertiary/aromatic N) is 3. The molecule has 0 aliphatic carbocycles. The summed E-state index contributed by atoms with van der Waals surface area (Å²) in [6.07, 6.45) is 1.52. The van der Waals surface area contributed by atoms with E-state index in [9.17, 15) is 4.79 Å².